The Morgan fingerprint density at radius 2 is 2.00 bits per heavy atom. The van der Waals surface area contributed by atoms with Gasteiger partial charge in [0.25, 0.3) is 0 Å². The van der Waals surface area contributed by atoms with Crippen LogP contribution >= 0.6 is 0 Å². The van der Waals surface area contributed by atoms with Crippen molar-refractivity contribution in [2.24, 2.45) is 35.0 Å². The molecule has 112 valence electrons. The van der Waals surface area contributed by atoms with Crippen molar-refractivity contribution in [1.82, 2.24) is 0 Å². The first-order chi connectivity index (χ1) is 10.1. The first kappa shape index (κ1) is 13.6. The number of carbonyl (C=O) groups excluding carboxylic acids is 1. The predicted molar refractivity (Wildman–Crippen MR) is 84.4 cm³/mol. The Hall–Kier alpha value is -1.03. The molecule has 0 N–H and O–H groups in total. The van der Waals surface area contributed by atoms with Crippen molar-refractivity contribution in [3.63, 3.8) is 0 Å². The van der Waals surface area contributed by atoms with Gasteiger partial charge in [-0.1, -0.05) is 12.5 Å². The smallest absolute Gasteiger partial charge is 0.155 e. The van der Waals surface area contributed by atoms with Gasteiger partial charge in [0, 0.05) is 12.3 Å². The van der Waals surface area contributed by atoms with Crippen molar-refractivity contribution in [2.75, 3.05) is 0 Å². The molecule has 0 aromatic carbocycles. The molecule has 1 unspecified atom stereocenters. The fourth-order valence-corrected chi connectivity index (χ4v) is 6.45. The Balaban J connectivity index is 1.63. The van der Waals surface area contributed by atoms with Gasteiger partial charge in [0.2, 0.25) is 0 Å². The van der Waals surface area contributed by atoms with Crippen LogP contribution < -0.4 is 0 Å². The molecule has 3 saturated carbocycles. The molecule has 6 atom stereocenters. The van der Waals surface area contributed by atoms with Crippen LogP contribution in [0, 0.1) is 47.3 Å². The highest BCUT2D eigenvalue weighted by atomic mass is 16.1. The molecule has 1 nitrogen and oxygen atoms in total. The second kappa shape index (κ2) is 4.73. The lowest BCUT2D eigenvalue weighted by Gasteiger charge is -2.53. The van der Waals surface area contributed by atoms with E-state index in [2.05, 4.69) is 12.8 Å². The Morgan fingerprint density at radius 1 is 1.14 bits per heavy atom. The lowest BCUT2D eigenvalue weighted by atomic mass is 9.51. The van der Waals surface area contributed by atoms with Gasteiger partial charge >= 0.3 is 0 Å². The third-order valence-corrected chi connectivity index (χ3v) is 7.50. The van der Waals surface area contributed by atoms with Crippen molar-refractivity contribution in [3.8, 4) is 12.3 Å². The Labute approximate surface area is 128 Å². The maximum absolute atomic E-state index is 11.7. The topological polar surface area (TPSA) is 17.1 Å². The molecule has 4 aliphatic carbocycles. The molecule has 0 aromatic heterocycles. The van der Waals surface area contributed by atoms with Crippen LogP contribution in [-0.4, -0.2) is 5.78 Å². The minimum Gasteiger partial charge on any atom is -0.295 e. The fraction of sp³-hybridized carbons (Fsp3) is 0.750. The molecule has 0 amide bonds. The summed E-state index contributed by atoms with van der Waals surface area (Å²) in [5.41, 5.74) is 1.89. The zero-order chi connectivity index (χ0) is 14.6. The largest absolute Gasteiger partial charge is 0.295 e. The SMILES string of the molecule is C#CC1CC[C@@H]2[C@@H]3CCC4=CC(=O)CC[C@@H]4[C@@H]3CC[C@]12C. The van der Waals surface area contributed by atoms with Crippen molar-refractivity contribution in [1.29, 1.82) is 0 Å². The van der Waals surface area contributed by atoms with Gasteiger partial charge in [-0.15, -0.1) is 12.3 Å². The average Bonchev–Trinajstić information content (AvgIpc) is 2.83. The van der Waals surface area contributed by atoms with Crippen LogP contribution in [0.15, 0.2) is 11.6 Å². The third kappa shape index (κ3) is 1.88. The summed E-state index contributed by atoms with van der Waals surface area (Å²) in [5.74, 6) is 7.26. The molecule has 0 aromatic rings. The lowest BCUT2D eigenvalue weighted by molar-refractivity contribution is -0.116. The molecule has 4 rings (SSSR count). The van der Waals surface area contributed by atoms with Crippen LogP contribution in [-0.2, 0) is 4.79 Å². The fourth-order valence-electron chi connectivity index (χ4n) is 6.45. The van der Waals surface area contributed by atoms with Crippen LogP contribution in [0.2, 0.25) is 0 Å². The number of hydrogen-bond acceptors (Lipinski definition) is 1. The molecule has 0 bridgehead atoms. The highest BCUT2D eigenvalue weighted by molar-refractivity contribution is 5.91. The van der Waals surface area contributed by atoms with E-state index in [0.29, 0.717) is 17.1 Å². The second-order valence-corrected chi connectivity index (χ2v) is 8.14. The highest BCUT2D eigenvalue weighted by Gasteiger charge is 2.55. The second-order valence-electron chi connectivity index (χ2n) is 8.14. The average molecular weight is 282 g/mol. The van der Waals surface area contributed by atoms with E-state index in [4.69, 9.17) is 6.42 Å². The highest BCUT2D eigenvalue weighted by Crippen LogP contribution is 2.63. The number of carbonyl (C=O) groups is 1. The van der Waals surface area contributed by atoms with Gasteiger partial charge in [-0.25, -0.2) is 0 Å². The van der Waals surface area contributed by atoms with Crippen molar-refractivity contribution >= 4 is 5.78 Å². The quantitative estimate of drug-likeness (QED) is 0.603. The molecule has 1 heteroatoms. The molecule has 0 aliphatic heterocycles. The maximum atomic E-state index is 11.7. The molecular weight excluding hydrogens is 256 g/mol. The molecule has 0 spiro atoms. The van der Waals surface area contributed by atoms with Gasteiger partial charge < -0.3 is 0 Å². The predicted octanol–water partition coefficient (Wildman–Crippen LogP) is 4.38. The molecule has 0 saturated heterocycles. The molecule has 4 aliphatic rings. The summed E-state index contributed by atoms with van der Waals surface area (Å²) in [7, 11) is 0. The Morgan fingerprint density at radius 3 is 2.81 bits per heavy atom. The van der Waals surface area contributed by atoms with E-state index >= 15 is 0 Å². The standard InChI is InChI=1S/C20H26O/c1-3-14-5-9-19-18-7-4-13-12-15(21)6-8-16(13)17(18)10-11-20(14,19)2/h1,12,14,16-19H,4-11H2,2H3/t14?,16-,17-,18+,19+,20+/m0/s1. The van der Waals surface area contributed by atoms with Crippen molar-refractivity contribution < 1.29 is 4.79 Å². The van der Waals surface area contributed by atoms with Crippen LogP contribution in [0.5, 0.6) is 0 Å². The molecule has 21 heavy (non-hydrogen) atoms. The zero-order valence-corrected chi connectivity index (χ0v) is 13.1. The van der Waals surface area contributed by atoms with Crippen molar-refractivity contribution in [2.45, 2.75) is 58.3 Å². The van der Waals surface area contributed by atoms with E-state index < -0.39 is 0 Å². The maximum Gasteiger partial charge on any atom is 0.155 e. The summed E-state index contributed by atoms with van der Waals surface area (Å²) in [6.07, 6.45) is 17.4. The Bertz CT molecular complexity index is 537. The first-order valence-corrected chi connectivity index (χ1v) is 8.83. The van der Waals surface area contributed by atoms with Gasteiger partial charge in [-0.2, -0.15) is 0 Å². The molecule has 3 fully saturated rings. The van der Waals surface area contributed by atoms with Gasteiger partial charge in [-0.3, -0.25) is 4.79 Å². The molecule has 0 heterocycles. The van der Waals surface area contributed by atoms with Crippen molar-refractivity contribution in [3.05, 3.63) is 11.6 Å². The summed E-state index contributed by atoms with van der Waals surface area (Å²) >= 11 is 0. The van der Waals surface area contributed by atoms with E-state index in [0.717, 1.165) is 36.5 Å². The lowest BCUT2D eigenvalue weighted by Crippen LogP contribution is -2.46. The summed E-state index contributed by atoms with van der Waals surface area (Å²) in [5, 5.41) is 0. The van der Waals surface area contributed by atoms with E-state index in [9.17, 15) is 4.79 Å². The third-order valence-electron chi connectivity index (χ3n) is 7.50. The van der Waals surface area contributed by atoms with E-state index in [1.807, 2.05) is 6.08 Å². The molecular formula is C20H26O. The van der Waals surface area contributed by atoms with Gasteiger partial charge in [-0.05, 0) is 80.1 Å². The van der Waals surface area contributed by atoms with Crippen LogP contribution in [0.25, 0.3) is 0 Å². The van der Waals surface area contributed by atoms with Crippen LogP contribution in [0.4, 0.5) is 0 Å². The Kier molecular flexibility index (Phi) is 3.07. The summed E-state index contributed by atoms with van der Waals surface area (Å²) in [6, 6.07) is 0. The van der Waals surface area contributed by atoms with Crippen LogP contribution in [0.3, 0.4) is 0 Å². The normalized spacial score (nSPS) is 48.7. The summed E-state index contributed by atoms with van der Waals surface area (Å²) in [6.45, 7) is 2.47. The zero-order valence-electron chi connectivity index (χ0n) is 13.1. The number of fused-ring (bicyclic) bond motifs is 5. The first-order valence-electron chi connectivity index (χ1n) is 8.83. The number of hydrogen-bond donors (Lipinski definition) is 0. The number of ketones is 1. The van der Waals surface area contributed by atoms with Gasteiger partial charge in [0.1, 0.15) is 0 Å². The van der Waals surface area contributed by atoms with Crippen LogP contribution in [0.1, 0.15) is 58.3 Å². The summed E-state index contributed by atoms with van der Waals surface area (Å²) in [4.78, 5) is 11.7. The summed E-state index contributed by atoms with van der Waals surface area (Å²) < 4.78 is 0. The van der Waals surface area contributed by atoms with E-state index in [-0.39, 0.29) is 0 Å². The number of allylic oxidation sites excluding steroid dienone is 1. The minimum absolute atomic E-state index is 0.369. The van der Waals surface area contributed by atoms with Gasteiger partial charge in [0.05, 0.1) is 0 Å². The van der Waals surface area contributed by atoms with E-state index in [1.165, 1.54) is 44.1 Å². The van der Waals surface area contributed by atoms with E-state index in [1.54, 1.807) is 0 Å². The molecule has 0 radical (unpaired) electrons. The minimum atomic E-state index is 0.369. The monoisotopic (exact) mass is 282 g/mol. The van der Waals surface area contributed by atoms with Gasteiger partial charge in [0.15, 0.2) is 5.78 Å². The number of terminal acetylenes is 1. The number of rotatable bonds is 0.